The van der Waals surface area contributed by atoms with E-state index in [4.69, 9.17) is 0 Å². The van der Waals surface area contributed by atoms with Crippen LogP contribution >= 0.6 is 0 Å². The lowest BCUT2D eigenvalue weighted by Crippen LogP contribution is -2.61. The first-order chi connectivity index (χ1) is 7.73. The molecule has 0 aromatic carbocycles. The Labute approximate surface area is 98.2 Å². The summed E-state index contributed by atoms with van der Waals surface area (Å²) in [4.78, 5) is 0. The molecular formula is C4F9NO2S2. The third-order valence-corrected chi connectivity index (χ3v) is 2.91. The van der Waals surface area contributed by atoms with Gasteiger partial charge in [0.1, 0.15) is 0 Å². The number of halogens is 9. The summed E-state index contributed by atoms with van der Waals surface area (Å²) in [5.74, 6) is -14.2. The van der Waals surface area contributed by atoms with Crippen LogP contribution in [0.2, 0.25) is 0 Å². The van der Waals surface area contributed by atoms with Crippen molar-refractivity contribution in [3.05, 3.63) is 0 Å². The van der Waals surface area contributed by atoms with E-state index >= 15 is 0 Å². The molecule has 0 bridgehead atoms. The summed E-state index contributed by atoms with van der Waals surface area (Å²) in [6, 6.07) is 0. The Hall–Kier alpha value is -0.660. The molecule has 1 atom stereocenters. The number of hydrogen-bond donors (Lipinski definition) is 0. The van der Waals surface area contributed by atoms with Crippen molar-refractivity contribution in [2.24, 2.45) is 3.77 Å². The van der Waals surface area contributed by atoms with Gasteiger partial charge < -0.3 is 0 Å². The van der Waals surface area contributed by atoms with Gasteiger partial charge in [-0.2, -0.15) is 43.7 Å². The normalized spacial score (nSPS) is 16.3. The first-order valence-electron chi connectivity index (χ1n) is 3.35. The lowest BCUT2D eigenvalue weighted by atomic mass is 10.1. The van der Waals surface area contributed by atoms with Crippen LogP contribution in [0.5, 0.6) is 0 Å². The number of hydrogen-bond acceptors (Lipinski definition) is 2. The Kier molecular flexibility index (Phi) is 4.61. The van der Waals surface area contributed by atoms with Crippen molar-refractivity contribution in [2.75, 3.05) is 0 Å². The molecule has 0 radical (unpaired) electrons. The molecule has 0 heterocycles. The molecule has 0 aliphatic carbocycles. The summed E-state index contributed by atoms with van der Waals surface area (Å²) in [7, 11) is -4.57. The van der Waals surface area contributed by atoms with Crippen LogP contribution in [0.1, 0.15) is 0 Å². The summed E-state index contributed by atoms with van der Waals surface area (Å²) < 4.78 is 130. The fraction of sp³-hybridized carbons (Fsp3) is 1.00. The van der Waals surface area contributed by atoms with Gasteiger partial charge in [-0.25, -0.2) is 4.21 Å². The largest absolute Gasteiger partial charge is 0.460 e. The van der Waals surface area contributed by atoms with E-state index < -0.39 is 45.7 Å². The maximum atomic E-state index is 12.5. The van der Waals surface area contributed by atoms with Crippen molar-refractivity contribution < 1.29 is 47.9 Å². The number of nitrogens with zero attached hydrogens (tertiary/aromatic N) is 1. The van der Waals surface area contributed by atoms with E-state index in [1.165, 1.54) is 0 Å². The van der Waals surface area contributed by atoms with Gasteiger partial charge in [-0.05, 0) is 0 Å². The van der Waals surface area contributed by atoms with E-state index in [2.05, 4.69) is 0 Å². The van der Waals surface area contributed by atoms with Crippen LogP contribution < -0.4 is 0 Å². The summed E-state index contributed by atoms with van der Waals surface area (Å²) in [6.45, 7) is 0. The highest BCUT2D eigenvalue weighted by Gasteiger charge is 2.83. The molecule has 0 aliphatic heterocycles. The number of rotatable bonds is 4. The van der Waals surface area contributed by atoms with Crippen LogP contribution in [0.25, 0.3) is 0 Å². The minimum atomic E-state index is -7.15. The second kappa shape index (κ2) is 4.79. The standard InChI is InChI=1S/C4F9NO2S2/c5-1(6,3(9,10)11)2(7,8)4(12,13)18(16)14-17-15. The molecule has 0 rings (SSSR count). The van der Waals surface area contributed by atoms with E-state index in [0.717, 1.165) is 0 Å². The first kappa shape index (κ1) is 17.3. The van der Waals surface area contributed by atoms with Gasteiger partial charge in [0.2, 0.25) is 22.4 Å². The van der Waals surface area contributed by atoms with Crippen LogP contribution in [0, 0.1) is 0 Å². The molecule has 0 amide bonds. The van der Waals surface area contributed by atoms with Gasteiger partial charge in [0.25, 0.3) is 0 Å². The van der Waals surface area contributed by atoms with Crippen molar-refractivity contribution in [3.63, 3.8) is 0 Å². The van der Waals surface area contributed by atoms with Crippen molar-refractivity contribution in [1.82, 2.24) is 0 Å². The van der Waals surface area contributed by atoms with E-state index in [1.807, 2.05) is 0 Å². The van der Waals surface area contributed by atoms with E-state index in [1.54, 1.807) is 3.77 Å². The summed E-state index contributed by atoms with van der Waals surface area (Å²) in [5.41, 5.74) is 0. The third kappa shape index (κ3) is 2.53. The molecule has 0 fully saturated rings. The van der Waals surface area contributed by atoms with Crippen molar-refractivity contribution >= 4 is 22.4 Å². The van der Waals surface area contributed by atoms with E-state index in [9.17, 15) is 47.9 Å². The molecule has 0 aromatic heterocycles. The zero-order valence-corrected chi connectivity index (χ0v) is 9.11. The fourth-order valence-corrected chi connectivity index (χ4v) is 1.49. The van der Waals surface area contributed by atoms with E-state index in [0.29, 0.717) is 0 Å². The molecular weight excluding hydrogens is 329 g/mol. The average Bonchev–Trinajstić information content (AvgIpc) is 2.15. The van der Waals surface area contributed by atoms with Crippen LogP contribution in [0.4, 0.5) is 39.5 Å². The van der Waals surface area contributed by atoms with Crippen LogP contribution in [0.15, 0.2) is 3.77 Å². The molecule has 0 saturated carbocycles. The Morgan fingerprint density at radius 2 is 1.22 bits per heavy atom. The molecule has 0 N–H and O–H groups in total. The van der Waals surface area contributed by atoms with Gasteiger partial charge in [0.05, 0.1) is 0 Å². The highest BCUT2D eigenvalue weighted by Crippen LogP contribution is 2.54. The minimum absolute atomic E-state index is 1.29. The molecule has 0 spiro atoms. The van der Waals surface area contributed by atoms with Crippen LogP contribution in [-0.4, -0.2) is 31.7 Å². The SMILES string of the molecule is O=S=NS(=O)C(F)(F)C(F)(F)C(F)(F)C(F)(F)F. The second-order valence-electron chi connectivity index (χ2n) is 2.56. The lowest BCUT2D eigenvalue weighted by molar-refractivity contribution is -0.381. The van der Waals surface area contributed by atoms with E-state index in [-0.39, 0.29) is 0 Å². The Balaban J connectivity index is 5.78. The predicted molar refractivity (Wildman–Crippen MR) is 39.6 cm³/mol. The van der Waals surface area contributed by atoms with Gasteiger partial charge >= 0.3 is 23.3 Å². The highest BCUT2D eigenvalue weighted by atomic mass is 32.2. The van der Waals surface area contributed by atoms with Gasteiger partial charge in [-0.1, -0.05) is 3.77 Å². The molecule has 0 aromatic rings. The Morgan fingerprint density at radius 1 is 0.833 bits per heavy atom. The van der Waals surface area contributed by atoms with Gasteiger partial charge in [-0.3, -0.25) is 0 Å². The van der Waals surface area contributed by atoms with Crippen molar-refractivity contribution in [3.8, 4) is 0 Å². The first-order valence-corrected chi connectivity index (χ1v) is 5.16. The smallest absolute Gasteiger partial charge is 0.227 e. The molecule has 0 aliphatic rings. The summed E-state index contributed by atoms with van der Waals surface area (Å²) >= 11 is -1.29. The topological polar surface area (TPSA) is 46.5 Å². The number of alkyl halides is 9. The third-order valence-electron chi connectivity index (χ3n) is 1.43. The Morgan fingerprint density at radius 3 is 1.50 bits per heavy atom. The lowest BCUT2D eigenvalue weighted by Gasteiger charge is -2.31. The fourth-order valence-electron chi connectivity index (χ4n) is 0.545. The summed E-state index contributed by atoms with van der Waals surface area (Å²) in [5, 5.41) is -6.37. The molecule has 18 heavy (non-hydrogen) atoms. The van der Waals surface area contributed by atoms with Crippen molar-refractivity contribution in [2.45, 2.75) is 23.3 Å². The highest BCUT2D eigenvalue weighted by molar-refractivity contribution is 7.88. The Bertz CT molecular complexity index is 398. The monoisotopic (exact) mass is 329 g/mol. The summed E-state index contributed by atoms with van der Waals surface area (Å²) in [6.07, 6.45) is -7.01. The average molecular weight is 329 g/mol. The minimum Gasteiger partial charge on any atom is -0.227 e. The maximum absolute atomic E-state index is 12.5. The van der Waals surface area contributed by atoms with Gasteiger partial charge in [-0.15, -0.1) is 0 Å². The molecule has 14 heteroatoms. The van der Waals surface area contributed by atoms with Gasteiger partial charge in [0, 0.05) is 0 Å². The maximum Gasteiger partial charge on any atom is 0.460 e. The molecule has 108 valence electrons. The molecule has 0 saturated heterocycles. The van der Waals surface area contributed by atoms with Crippen LogP contribution in [-0.2, 0) is 22.4 Å². The van der Waals surface area contributed by atoms with Crippen molar-refractivity contribution in [1.29, 1.82) is 0 Å². The zero-order chi connectivity index (χ0) is 15.0. The van der Waals surface area contributed by atoms with Gasteiger partial charge in [0.15, 0.2) is 0 Å². The molecule has 1 unspecified atom stereocenters. The quantitative estimate of drug-likeness (QED) is 0.744. The van der Waals surface area contributed by atoms with Crippen LogP contribution in [0.3, 0.4) is 0 Å². The molecule has 3 nitrogen and oxygen atoms in total. The predicted octanol–water partition coefficient (Wildman–Crippen LogP) is 2.47. The zero-order valence-electron chi connectivity index (χ0n) is 7.48. The second-order valence-corrected chi connectivity index (χ2v) is 4.32.